The molecule has 1 aliphatic rings. The number of hydrogen-bond donors (Lipinski definition) is 1. The SMILES string of the molecule is CC(=O)N1N=C(c2cccc(NC(=O)c3ccccc3C)c2)OC1c1cccc(Oc2ccccc2)c1. The number of amides is 2. The highest BCUT2D eigenvalue weighted by molar-refractivity contribution is 6.06. The molecule has 1 heterocycles. The number of aryl methyl sites for hydroxylation is 1. The summed E-state index contributed by atoms with van der Waals surface area (Å²) in [6, 6.07) is 31.4. The minimum atomic E-state index is -0.753. The summed E-state index contributed by atoms with van der Waals surface area (Å²) in [5, 5.41) is 8.67. The first-order valence-corrected chi connectivity index (χ1v) is 11.8. The second kappa shape index (κ2) is 10.4. The third-order valence-corrected chi connectivity index (χ3v) is 5.85. The van der Waals surface area contributed by atoms with Gasteiger partial charge in [0.15, 0.2) is 0 Å². The first-order valence-electron chi connectivity index (χ1n) is 11.8. The first kappa shape index (κ1) is 23.8. The van der Waals surface area contributed by atoms with Crippen LogP contribution in [0.2, 0.25) is 0 Å². The van der Waals surface area contributed by atoms with Crippen molar-refractivity contribution in [1.82, 2.24) is 5.01 Å². The fourth-order valence-electron chi connectivity index (χ4n) is 4.01. The van der Waals surface area contributed by atoms with Gasteiger partial charge in [-0.15, -0.1) is 5.10 Å². The van der Waals surface area contributed by atoms with Crippen molar-refractivity contribution < 1.29 is 19.1 Å². The summed E-state index contributed by atoms with van der Waals surface area (Å²) in [7, 11) is 0. The zero-order valence-corrected chi connectivity index (χ0v) is 20.4. The Kier molecular flexibility index (Phi) is 6.68. The number of benzene rings is 4. The van der Waals surface area contributed by atoms with Gasteiger partial charge in [0.05, 0.1) is 0 Å². The van der Waals surface area contributed by atoms with Crippen molar-refractivity contribution in [3.8, 4) is 11.5 Å². The Bertz CT molecular complexity index is 1480. The third-order valence-electron chi connectivity index (χ3n) is 5.85. The molecule has 0 fully saturated rings. The van der Waals surface area contributed by atoms with E-state index in [0.29, 0.717) is 33.9 Å². The lowest BCUT2D eigenvalue weighted by Gasteiger charge is -2.20. The molecule has 0 bridgehead atoms. The fourth-order valence-corrected chi connectivity index (χ4v) is 4.01. The van der Waals surface area contributed by atoms with Crippen molar-refractivity contribution in [2.45, 2.75) is 20.1 Å². The molecule has 0 spiro atoms. The van der Waals surface area contributed by atoms with E-state index in [2.05, 4.69) is 10.4 Å². The van der Waals surface area contributed by atoms with Gasteiger partial charge in [-0.3, -0.25) is 9.59 Å². The lowest BCUT2D eigenvalue weighted by Crippen LogP contribution is -2.25. The number of rotatable bonds is 6. The summed E-state index contributed by atoms with van der Waals surface area (Å²) >= 11 is 0. The van der Waals surface area contributed by atoms with Gasteiger partial charge in [0, 0.05) is 29.3 Å². The number of para-hydroxylation sites is 1. The molecule has 37 heavy (non-hydrogen) atoms. The van der Waals surface area contributed by atoms with E-state index < -0.39 is 6.23 Å². The molecule has 4 aromatic rings. The van der Waals surface area contributed by atoms with Crippen LogP contribution < -0.4 is 10.1 Å². The molecule has 1 atom stereocenters. The van der Waals surface area contributed by atoms with E-state index in [9.17, 15) is 9.59 Å². The maximum absolute atomic E-state index is 12.8. The molecule has 1 N–H and O–H groups in total. The van der Waals surface area contributed by atoms with Gasteiger partial charge in [-0.25, -0.2) is 0 Å². The van der Waals surface area contributed by atoms with Crippen LogP contribution in [0.25, 0.3) is 0 Å². The summed E-state index contributed by atoms with van der Waals surface area (Å²) in [6.45, 7) is 3.33. The fraction of sp³-hybridized carbons (Fsp3) is 0.100. The van der Waals surface area contributed by atoms with Gasteiger partial charge >= 0.3 is 0 Å². The molecular weight excluding hydrogens is 466 g/mol. The standard InChI is InChI=1S/C30H25N3O4/c1-20-10-6-7-17-27(20)28(35)31-24-13-8-11-22(18-24)29-32-33(21(2)34)30(37-29)23-12-9-16-26(19-23)36-25-14-4-3-5-15-25/h3-19,30H,1-2H3,(H,31,35). The van der Waals surface area contributed by atoms with E-state index in [-0.39, 0.29) is 17.7 Å². The zero-order chi connectivity index (χ0) is 25.8. The topological polar surface area (TPSA) is 80.2 Å². The van der Waals surface area contributed by atoms with Crippen molar-refractivity contribution in [1.29, 1.82) is 0 Å². The van der Waals surface area contributed by atoms with E-state index in [0.717, 1.165) is 5.56 Å². The van der Waals surface area contributed by atoms with Crippen LogP contribution in [0, 0.1) is 6.92 Å². The quantitative estimate of drug-likeness (QED) is 0.344. The predicted octanol–water partition coefficient (Wildman–Crippen LogP) is 6.28. The Morgan fingerprint density at radius 2 is 1.59 bits per heavy atom. The highest BCUT2D eigenvalue weighted by Crippen LogP contribution is 2.33. The molecule has 184 valence electrons. The Morgan fingerprint density at radius 3 is 2.38 bits per heavy atom. The summed E-state index contributed by atoms with van der Waals surface area (Å²) < 4.78 is 12.1. The molecule has 0 radical (unpaired) electrons. The lowest BCUT2D eigenvalue weighted by atomic mass is 10.1. The molecule has 1 aliphatic heterocycles. The number of nitrogens with zero attached hydrogens (tertiary/aromatic N) is 2. The van der Waals surface area contributed by atoms with E-state index in [4.69, 9.17) is 9.47 Å². The minimum absolute atomic E-state index is 0.206. The number of carbonyl (C=O) groups excluding carboxylic acids is 2. The summed E-state index contributed by atoms with van der Waals surface area (Å²) in [4.78, 5) is 25.2. The molecule has 2 amide bonds. The van der Waals surface area contributed by atoms with Gasteiger partial charge in [0.2, 0.25) is 18.0 Å². The van der Waals surface area contributed by atoms with Crippen molar-refractivity contribution in [2.75, 3.05) is 5.32 Å². The molecule has 0 aliphatic carbocycles. The van der Waals surface area contributed by atoms with Gasteiger partial charge in [0.1, 0.15) is 11.5 Å². The average molecular weight is 492 g/mol. The molecule has 7 heteroatoms. The third kappa shape index (κ3) is 5.36. The summed E-state index contributed by atoms with van der Waals surface area (Å²) in [5.74, 6) is 1.13. The number of carbonyl (C=O) groups is 2. The molecule has 5 rings (SSSR count). The lowest BCUT2D eigenvalue weighted by molar-refractivity contribution is -0.135. The first-order chi connectivity index (χ1) is 18.0. The van der Waals surface area contributed by atoms with E-state index in [1.165, 1.54) is 11.9 Å². The van der Waals surface area contributed by atoms with Crippen LogP contribution in [0.3, 0.4) is 0 Å². The average Bonchev–Trinajstić information content (AvgIpc) is 3.36. The zero-order valence-electron chi connectivity index (χ0n) is 20.4. The van der Waals surface area contributed by atoms with Crippen LogP contribution in [-0.4, -0.2) is 22.7 Å². The van der Waals surface area contributed by atoms with Crippen molar-refractivity contribution in [3.63, 3.8) is 0 Å². The second-order valence-electron chi connectivity index (χ2n) is 8.58. The molecule has 4 aromatic carbocycles. The minimum Gasteiger partial charge on any atom is -0.457 e. The van der Waals surface area contributed by atoms with E-state index in [1.54, 1.807) is 24.3 Å². The maximum atomic E-state index is 12.8. The molecular formula is C30H25N3O4. The molecule has 0 aromatic heterocycles. The number of nitrogens with one attached hydrogen (secondary N) is 1. The van der Waals surface area contributed by atoms with Crippen LogP contribution in [0.15, 0.2) is 108 Å². The van der Waals surface area contributed by atoms with Gasteiger partial charge in [0.25, 0.3) is 5.91 Å². The highest BCUT2D eigenvalue weighted by atomic mass is 16.5. The Hall–Kier alpha value is -4.91. The largest absolute Gasteiger partial charge is 0.457 e. The smallest absolute Gasteiger partial charge is 0.255 e. The van der Waals surface area contributed by atoms with Crippen LogP contribution in [0.1, 0.15) is 40.2 Å². The number of hydrogen-bond acceptors (Lipinski definition) is 5. The molecule has 0 saturated carbocycles. The Morgan fingerprint density at radius 1 is 0.865 bits per heavy atom. The second-order valence-corrected chi connectivity index (χ2v) is 8.58. The van der Waals surface area contributed by atoms with Crippen LogP contribution >= 0.6 is 0 Å². The highest BCUT2D eigenvalue weighted by Gasteiger charge is 2.33. The number of hydrazone groups is 1. The van der Waals surface area contributed by atoms with Crippen molar-refractivity contribution in [2.24, 2.45) is 5.10 Å². The van der Waals surface area contributed by atoms with Crippen molar-refractivity contribution >= 4 is 23.4 Å². The van der Waals surface area contributed by atoms with Crippen LogP contribution in [0.4, 0.5) is 5.69 Å². The van der Waals surface area contributed by atoms with E-state index >= 15 is 0 Å². The predicted molar refractivity (Wildman–Crippen MR) is 141 cm³/mol. The van der Waals surface area contributed by atoms with Gasteiger partial charge < -0.3 is 14.8 Å². The Balaban J connectivity index is 1.36. The molecule has 7 nitrogen and oxygen atoms in total. The Labute approximate surface area is 215 Å². The number of ether oxygens (including phenoxy) is 2. The normalized spacial score (nSPS) is 14.5. The van der Waals surface area contributed by atoms with Gasteiger partial charge in [-0.1, -0.05) is 54.6 Å². The van der Waals surface area contributed by atoms with Gasteiger partial charge in [-0.2, -0.15) is 5.01 Å². The molecule has 0 saturated heterocycles. The molecule has 1 unspecified atom stereocenters. The summed E-state index contributed by atoms with van der Waals surface area (Å²) in [6.07, 6.45) is -0.753. The maximum Gasteiger partial charge on any atom is 0.255 e. The monoisotopic (exact) mass is 491 g/mol. The van der Waals surface area contributed by atoms with Crippen LogP contribution in [0.5, 0.6) is 11.5 Å². The van der Waals surface area contributed by atoms with Gasteiger partial charge in [-0.05, 0) is 61.0 Å². The van der Waals surface area contributed by atoms with E-state index in [1.807, 2.05) is 85.8 Å². The summed E-state index contributed by atoms with van der Waals surface area (Å²) in [5.41, 5.74) is 3.42. The number of anilines is 1. The van der Waals surface area contributed by atoms with Crippen molar-refractivity contribution in [3.05, 3.63) is 125 Å². The van der Waals surface area contributed by atoms with Crippen LogP contribution in [-0.2, 0) is 9.53 Å².